The molecule has 15 heavy (non-hydrogen) atoms. The van der Waals surface area contributed by atoms with Crippen molar-refractivity contribution in [1.29, 1.82) is 0 Å². The van der Waals surface area contributed by atoms with E-state index in [2.05, 4.69) is 16.8 Å². The Bertz CT molecular complexity index is 352. The van der Waals surface area contributed by atoms with E-state index in [1.54, 1.807) is 6.08 Å². The molecule has 80 valence electrons. The van der Waals surface area contributed by atoms with E-state index in [9.17, 15) is 4.79 Å². The Morgan fingerprint density at radius 1 is 1.67 bits per heavy atom. The van der Waals surface area contributed by atoms with Crippen LogP contribution in [0.3, 0.4) is 0 Å². The number of hydrogen-bond donors (Lipinski definition) is 1. The highest BCUT2D eigenvalue weighted by molar-refractivity contribution is 5.89. The van der Waals surface area contributed by atoms with Crippen molar-refractivity contribution in [1.82, 2.24) is 10.2 Å². The van der Waals surface area contributed by atoms with Crippen molar-refractivity contribution in [3.8, 4) is 5.88 Å². The largest absolute Gasteiger partial charge is 0.477 e. The van der Waals surface area contributed by atoms with Crippen molar-refractivity contribution >= 4 is 5.97 Å². The fourth-order valence-corrected chi connectivity index (χ4v) is 0.985. The first-order valence-electron chi connectivity index (χ1n) is 4.54. The minimum absolute atomic E-state index is 0.0311. The second kappa shape index (κ2) is 5.74. The Balaban J connectivity index is 2.59. The smallest absolute Gasteiger partial charge is 0.341 e. The van der Waals surface area contributed by atoms with E-state index >= 15 is 0 Å². The van der Waals surface area contributed by atoms with E-state index in [0.717, 1.165) is 12.8 Å². The van der Waals surface area contributed by atoms with Crippen molar-refractivity contribution in [3.63, 3.8) is 0 Å². The standard InChI is InChI=1S/C10H12N2O3/c1-2-3-4-7-15-9-8(10(13)14)5-6-11-12-9/h2,5-6H,1,3-4,7H2,(H,13,14). The van der Waals surface area contributed by atoms with Gasteiger partial charge in [-0.15, -0.1) is 11.7 Å². The molecule has 1 heterocycles. The van der Waals surface area contributed by atoms with E-state index in [-0.39, 0.29) is 11.4 Å². The number of aromatic carboxylic acids is 1. The first-order chi connectivity index (χ1) is 7.25. The molecule has 1 N–H and O–H groups in total. The molecular weight excluding hydrogens is 196 g/mol. The molecule has 1 aromatic heterocycles. The van der Waals surface area contributed by atoms with Crippen molar-refractivity contribution < 1.29 is 14.6 Å². The molecule has 0 aromatic carbocycles. The normalized spacial score (nSPS) is 9.60. The third-order valence-corrected chi connectivity index (χ3v) is 1.71. The topological polar surface area (TPSA) is 72.3 Å². The lowest BCUT2D eigenvalue weighted by Crippen LogP contribution is -2.06. The summed E-state index contributed by atoms with van der Waals surface area (Å²) < 4.78 is 5.20. The van der Waals surface area contributed by atoms with Crippen LogP contribution in [-0.4, -0.2) is 27.9 Å². The molecule has 5 heteroatoms. The van der Waals surface area contributed by atoms with Gasteiger partial charge in [-0.3, -0.25) is 0 Å². The highest BCUT2D eigenvalue weighted by Gasteiger charge is 2.11. The van der Waals surface area contributed by atoms with Crippen molar-refractivity contribution in [3.05, 3.63) is 30.5 Å². The zero-order valence-electron chi connectivity index (χ0n) is 8.22. The Labute approximate surface area is 87.4 Å². The zero-order valence-corrected chi connectivity index (χ0v) is 8.22. The van der Waals surface area contributed by atoms with Gasteiger partial charge in [-0.25, -0.2) is 4.79 Å². The molecule has 0 aliphatic carbocycles. The third kappa shape index (κ3) is 3.38. The van der Waals surface area contributed by atoms with E-state index < -0.39 is 5.97 Å². The molecule has 0 unspecified atom stereocenters. The molecule has 0 spiro atoms. The number of rotatable bonds is 6. The zero-order chi connectivity index (χ0) is 11.1. The predicted octanol–water partition coefficient (Wildman–Crippen LogP) is 1.52. The molecule has 0 aliphatic heterocycles. The number of carboxylic acids is 1. The van der Waals surface area contributed by atoms with Crippen LogP contribution < -0.4 is 4.74 Å². The lowest BCUT2D eigenvalue weighted by atomic mass is 10.3. The van der Waals surface area contributed by atoms with Gasteiger partial charge in [-0.05, 0) is 18.9 Å². The van der Waals surface area contributed by atoms with Crippen LogP contribution >= 0.6 is 0 Å². The molecule has 0 fully saturated rings. The van der Waals surface area contributed by atoms with E-state index in [1.807, 2.05) is 0 Å². The van der Waals surface area contributed by atoms with E-state index in [4.69, 9.17) is 9.84 Å². The lowest BCUT2D eigenvalue weighted by Gasteiger charge is -2.05. The summed E-state index contributed by atoms with van der Waals surface area (Å²) in [5.74, 6) is -1.00. The molecule has 0 aliphatic rings. The van der Waals surface area contributed by atoms with Gasteiger partial charge in [0.2, 0.25) is 5.88 Å². The van der Waals surface area contributed by atoms with Gasteiger partial charge >= 0.3 is 5.97 Å². The number of ether oxygens (including phenoxy) is 1. The van der Waals surface area contributed by atoms with Crippen molar-refractivity contribution in [2.75, 3.05) is 6.61 Å². The first-order valence-corrected chi connectivity index (χ1v) is 4.54. The summed E-state index contributed by atoms with van der Waals surface area (Å²) in [6.07, 6.45) is 4.69. The van der Waals surface area contributed by atoms with Crippen LogP contribution in [0.5, 0.6) is 5.88 Å². The average molecular weight is 208 g/mol. The summed E-state index contributed by atoms with van der Waals surface area (Å²) in [7, 11) is 0. The second-order valence-electron chi connectivity index (χ2n) is 2.83. The summed E-state index contributed by atoms with van der Waals surface area (Å²) in [6.45, 7) is 3.98. The summed E-state index contributed by atoms with van der Waals surface area (Å²) in [6, 6.07) is 1.36. The summed E-state index contributed by atoms with van der Waals surface area (Å²) in [5, 5.41) is 16.0. The lowest BCUT2D eigenvalue weighted by molar-refractivity contribution is 0.0690. The molecule has 1 rings (SSSR count). The number of allylic oxidation sites excluding steroid dienone is 1. The van der Waals surface area contributed by atoms with Gasteiger partial charge in [0.15, 0.2) is 0 Å². The first kappa shape index (κ1) is 11.2. The number of carboxylic acid groups (broad SMARTS) is 1. The molecule has 0 saturated heterocycles. The number of aromatic nitrogens is 2. The quantitative estimate of drug-likeness (QED) is 0.566. The fraction of sp³-hybridized carbons (Fsp3) is 0.300. The Morgan fingerprint density at radius 3 is 3.13 bits per heavy atom. The maximum atomic E-state index is 10.7. The highest BCUT2D eigenvalue weighted by atomic mass is 16.5. The summed E-state index contributed by atoms with van der Waals surface area (Å²) >= 11 is 0. The van der Waals surface area contributed by atoms with Gasteiger partial charge in [0.05, 0.1) is 12.8 Å². The van der Waals surface area contributed by atoms with Crippen LogP contribution in [0.2, 0.25) is 0 Å². The molecule has 5 nitrogen and oxygen atoms in total. The molecule has 1 aromatic rings. The number of unbranched alkanes of at least 4 members (excludes halogenated alkanes) is 1. The van der Waals surface area contributed by atoms with Crippen LogP contribution in [0, 0.1) is 0 Å². The maximum absolute atomic E-state index is 10.7. The third-order valence-electron chi connectivity index (χ3n) is 1.71. The maximum Gasteiger partial charge on any atom is 0.341 e. The summed E-state index contributed by atoms with van der Waals surface area (Å²) in [5.41, 5.74) is 0.0311. The van der Waals surface area contributed by atoms with Gasteiger partial charge < -0.3 is 9.84 Å². The Kier molecular flexibility index (Phi) is 4.28. The molecule has 0 atom stereocenters. The minimum atomic E-state index is -1.07. The highest BCUT2D eigenvalue weighted by Crippen LogP contribution is 2.13. The van der Waals surface area contributed by atoms with Crippen LogP contribution in [0.15, 0.2) is 24.9 Å². The molecule has 0 bridgehead atoms. The molecule has 0 amide bonds. The van der Waals surface area contributed by atoms with Crippen molar-refractivity contribution in [2.24, 2.45) is 0 Å². The number of hydrogen-bond acceptors (Lipinski definition) is 4. The van der Waals surface area contributed by atoms with Crippen LogP contribution in [0.4, 0.5) is 0 Å². The monoisotopic (exact) mass is 208 g/mol. The van der Waals surface area contributed by atoms with Gasteiger partial charge in [0.1, 0.15) is 5.56 Å². The van der Waals surface area contributed by atoms with Gasteiger partial charge in [-0.1, -0.05) is 6.08 Å². The Morgan fingerprint density at radius 2 is 2.47 bits per heavy atom. The Hall–Kier alpha value is -1.91. The predicted molar refractivity (Wildman–Crippen MR) is 53.9 cm³/mol. The molecule has 0 saturated carbocycles. The minimum Gasteiger partial charge on any atom is -0.477 e. The van der Waals surface area contributed by atoms with Crippen molar-refractivity contribution in [2.45, 2.75) is 12.8 Å². The molecule has 0 radical (unpaired) electrons. The van der Waals surface area contributed by atoms with Crippen LogP contribution in [0.25, 0.3) is 0 Å². The van der Waals surface area contributed by atoms with Crippen LogP contribution in [0.1, 0.15) is 23.2 Å². The summed E-state index contributed by atoms with van der Waals surface area (Å²) in [4.78, 5) is 10.7. The second-order valence-corrected chi connectivity index (χ2v) is 2.83. The van der Waals surface area contributed by atoms with Gasteiger partial charge in [0.25, 0.3) is 0 Å². The number of carbonyl (C=O) groups is 1. The van der Waals surface area contributed by atoms with Gasteiger partial charge in [0, 0.05) is 0 Å². The SMILES string of the molecule is C=CCCCOc1nnccc1C(=O)O. The average Bonchev–Trinajstić information content (AvgIpc) is 2.25. The fourth-order valence-electron chi connectivity index (χ4n) is 0.985. The van der Waals surface area contributed by atoms with Crippen LogP contribution in [-0.2, 0) is 0 Å². The van der Waals surface area contributed by atoms with E-state index in [0.29, 0.717) is 6.61 Å². The van der Waals surface area contributed by atoms with Gasteiger partial charge in [-0.2, -0.15) is 5.10 Å². The van der Waals surface area contributed by atoms with E-state index in [1.165, 1.54) is 12.3 Å². The number of nitrogens with zero attached hydrogens (tertiary/aromatic N) is 2. The molecular formula is C10H12N2O3.